The molecular weight excluding hydrogens is 206 g/mol. The van der Waals surface area contributed by atoms with E-state index in [4.69, 9.17) is 0 Å². The Morgan fingerprint density at radius 2 is 2.20 bits per heavy atom. The topological polar surface area (TPSA) is 46.5 Å². The second-order valence-electron chi connectivity index (χ2n) is 2.81. The Bertz CT molecular complexity index is 364. The molecular formula is C10H10F2O3. The zero-order valence-corrected chi connectivity index (χ0v) is 8.04. The molecule has 0 saturated carbocycles. The first-order valence-corrected chi connectivity index (χ1v) is 4.36. The second-order valence-corrected chi connectivity index (χ2v) is 2.81. The minimum atomic E-state index is -3.07. The summed E-state index contributed by atoms with van der Waals surface area (Å²) in [6.45, 7) is -1.47. The maximum absolute atomic E-state index is 12.0. The molecule has 0 atom stereocenters. The van der Waals surface area contributed by atoms with Crippen molar-refractivity contribution in [3.8, 4) is 11.5 Å². The average molecular weight is 216 g/mol. The molecule has 5 heteroatoms. The van der Waals surface area contributed by atoms with Crippen LogP contribution in [0.5, 0.6) is 11.5 Å². The lowest BCUT2D eigenvalue weighted by atomic mass is 10.1. The van der Waals surface area contributed by atoms with E-state index in [0.717, 1.165) is 0 Å². The van der Waals surface area contributed by atoms with Crippen molar-refractivity contribution in [3.05, 3.63) is 23.8 Å². The van der Waals surface area contributed by atoms with E-state index in [0.29, 0.717) is 0 Å². The highest BCUT2D eigenvalue weighted by molar-refractivity contribution is 5.99. The van der Waals surface area contributed by atoms with Gasteiger partial charge in [0.05, 0.1) is 5.56 Å². The van der Waals surface area contributed by atoms with Gasteiger partial charge in [-0.1, -0.05) is 13.0 Å². The van der Waals surface area contributed by atoms with Gasteiger partial charge in [0.25, 0.3) is 0 Å². The van der Waals surface area contributed by atoms with Crippen LogP contribution >= 0.6 is 0 Å². The fourth-order valence-corrected chi connectivity index (χ4v) is 1.15. The zero-order valence-electron chi connectivity index (χ0n) is 8.04. The smallest absolute Gasteiger partial charge is 0.387 e. The molecule has 0 aliphatic heterocycles. The van der Waals surface area contributed by atoms with Crippen LogP contribution in [0, 0.1) is 0 Å². The van der Waals surface area contributed by atoms with Crippen molar-refractivity contribution in [3.63, 3.8) is 0 Å². The molecule has 0 aliphatic carbocycles. The molecule has 15 heavy (non-hydrogen) atoms. The fourth-order valence-electron chi connectivity index (χ4n) is 1.15. The summed E-state index contributed by atoms with van der Waals surface area (Å²) in [5, 5.41) is 9.27. The number of phenolic OH excluding ortho intramolecular Hbond substituents is 1. The molecule has 3 nitrogen and oxygen atoms in total. The maximum Gasteiger partial charge on any atom is 0.387 e. The zero-order chi connectivity index (χ0) is 11.4. The number of Topliss-reactive ketones (excluding diaryl/α,β-unsaturated/α-hetero) is 1. The fraction of sp³-hybridized carbons (Fsp3) is 0.300. The first kappa shape index (κ1) is 11.4. The van der Waals surface area contributed by atoms with Crippen LogP contribution in [-0.4, -0.2) is 17.5 Å². The van der Waals surface area contributed by atoms with Gasteiger partial charge in [-0.3, -0.25) is 4.79 Å². The van der Waals surface area contributed by atoms with Crippen molar-refractivity contribution in [2.45, 2.75) is 20.0 Å². The Morgan fingerprint density at radius 1 is 1.53 bits per heavy atom. The Balaban J connectivity index is 3.14. The van der Waals surface area contributed by atoms with Crippen molar-refractivity contribution in [2.24, 2.45) is 0 Å². The molecule has 0 bridgehead atoms. The molecule has 1 aromatic carbocycles. The van der Waals surface area contributed by atoms with Crippen molar-refractivity contribution in [1.29, 1.82) is 0 Å². The van der Waals surface area contributed by atoms with Crippen LogP contribution < -0.4 is 4.74 Å². The monoisotopic (exact) mass is 216 g/mol. The van der Waals surface area contributed by atoms with E-state index in [1.54, 1.807) is 6.92 Å². The van der Waals surface area contributed by atoms with Crippen molar-refractivity contribution < 1.29 is 23.4 Å². The molecule has 82 valence electrons. The minimum Gasteiger partial charge on any atom is -0.504 e. The van der Waals surface area contributed by atoms with Gasteiger partial charge < -0.3 is 9.84 Å². The second kappa shape index (κ2) is 4.72. The van der Waals surface area contributed by atoms with Crippen LogP contribution in [0.15, 0.2) is 18.2 Å². The number of alkyl halides is 2. The first-order valence-electron chi connectivity index (χ1n) is 4.36. The van der Waals surface area contributed by atoms with Gasteiger partial charge in [0.1, 0.15) is 0 Å². The Morgan fingerprint density at radius 3 is 2.73 bits per heavy atom. The standard InChI is InChI=1S/C10H10F2O3/c1-2-7(13)6-4-3-5-8(14)9(6)15-10(11)12/h3-5,10,14H,2H2,1H3. The van der Waals surface area contributed by atoms with E-state index in [1.807, 2.05) is 0 Å². The summed E-state index contributed by atoms with van der Waals surface area (Å²) in [5.41, 5.74) is -0.0298. The van der Waals surface area contributed by atoms with E-state index in [9.17, 15) is 18.7 Å². The Labute approximate surface area is 85.3 Å². The van der Waals surface area contributed by atoms with Crippen LogP contribution in [0.4, 0.5) is 8.78 Å². The van der Waals surface area contributed by atoms with E-state index >= 15 is 0 Å². The molecule has 1 aromatic rings. The summed E-state index contributed by atoms with van der Waals surface area (Å²) < 4.78 is 28.1. The summed E-state index contributed by atoms with van der Waals surface area (Å²) in [6, 6.07) is 3.92. The number of para-hydroxylation sites is 1. The molecule has 1 rings (SSSR count). The number of rotatable bonds is 4. The van der Waals surface area contributed by atoms with Gasteiger partial charge in [0.2, 0.25) is 0 Å². The van der Waals surface area contributed by atoms with Crippen LogP contribution in [0.2, 0.25) is 0 Å². The van der Waals surface area contributed by atoms with Gasteiger partial charge in [-0.15, -0.1) is 0 Å². The lowest BCUT2D eigenvalue weighted by Gasteiger charge is -2.10. The van der Waals surface area contributed by atoms with E-state index in [-0.39, 0.29) is 17.8 Å². The molecule has 0 aromatic heterocycles. The molecule has 0 fully saturated rings. The number of phenols is 1. The molecule has 0 amide bonds. The van der Waals surface area contributed by atoms with Crippen molar-refractivity contribution >= 4 is 5.78 Å². The van der Waals surface area contributed by atoms with Crippen LogP contribution in [0.1, 0.15) is 23.7 Å². The van der Waals surface area contributed by atoms with Gasteiger partial charge in [0.15, 0.2) is 17.3 Å². The predicted octanol–water partition coefficient (Wildman–Crippen LogP) is 2.59. The van der Waals surface area contributed by atoms with Crippen molar-refractivity contribution in [2.75, 3.05) is 0 Å². The number of carbonyl (C=O) groups excluding carboxylic acids is 1. The maximum atomic E-state index is 12.0. The highest BCUT2D eigenvalue weighted by atomic mass is 19.3. The summed E-state index contributed by atoms with van der Waals surface area (Å²) in [7, 11) is 0. The van der Waals surface area contributed by atoms with Crippen LogP contribution in [0.25, 0.3) is 0 Å². The summed E-state index contributed by atoms with van der Waals surface area (Å²) in [5.74, 6) is -1.28. The van der Waals surface area contributed by atoms with Gasteiger partial charge in [-0.05, 0) is 12.1 Å². The number of benzene rings is 1. The van der Waals surface area contributed by atoms with Crippen molar-refractivity contribution in [1.82, 2.24) is 0 Å². The summed E-state index contributed by atoms with van der Waals surface area (Å²) >= 11 is 0. The molecule has 0 saturated heterocycles. The SMILES string of the molecule is CCC(=O)c1cccc(O)c1OC(F)F. The highest BCUT2D eigenvalue weighted by Crippen LogP contribution is 2.32. The number of halogens is 2. The molecule has 0 aliphatic rings. The molecule has 0 radical (unpaired) electrons. The Kier molecular flexibility index (Phi) is 3.60. The number of ether oxygens (including phenoxy) is 1. The van der Waals surface area contributed by atoms with E-state index in [1.165, 1.54) is 18.2 Å². The lowest BCUT2D eigenvalue weighted by molar-refractivity contribution is -0.0515. The average Bonchev–Trinajstić information content (AvgIpc) is 2.19. The first-order chi connectivity index (χ1) is 7.06. The number of hydrogen-bond donors (Lipinski definition) is 1. The third kappa shape index (κ3) is 2.65. The number of carbonyl (C=O) groups is 1. The van der Waals surface area contributed by atoms with Gasteiger partial charge >= 0.3 is 6.61 Å². The van der Waals surface area contributed by atoms with Crippen LogP contribution in [0.3, 0.4) is 0 Å². The molecule has 0 heterocycles. The quantitative estimate of drug-likeness (QED) is 0.787. The number of aromatic hydroxyl groups is 1. The Hall–Kier alpha value is -1.65. The third-order valence-corrected chi connectivity index (χ3v) is 1.82. The predicted molar refractivity (Wildman–Crippen MR) is 49.4 cm³/mol. The number of hydrogen-bond acceptors (Lipinski definition) is 3. The molecule has 0 spiro atoms. The molecule has 1 N–H and O–H groups in total. The third-order valence-electron chi connectivity index (χ3n) is 1.82. The van der Waals surface area contributed by atoms with Crippen LogP contribution in [-0.2, 0) is 0 Å². The largest absolute Gasteiger partial charge is 0.504 e. The summed E-state index contributed by atoms with van der Waals surface area (Å²) in [4.78, 5) is 11.3. The lowest BCUT2D eigenvalue weighted by Crippen LogP contribution is -2.07. The van der Waals surface area contributed by atoms with Gasteiger partial charge in [-0.25, -0.2) is 0 Å². The highest BCUT2D eigenvalue weighted by Gasteiger charge is 2.17. The normalized spacial score (nSPS) is 10.4. The van der Waals surface area contributed by atoms with E-state index < -0.39 is 18.1 Å². The van der Waals surface area contributed by atoms with E-state index in [2.05, 4.69) is 4.74 Å². The minimum absolute atomic E-state index is 0.0298. The number of ketones is 1. The summed E-state index contributed by atoms with van der Waals surface area (Å²) in [6.07, 6.45) is 0.156. The van der Waals surface area contributed by atoms with Gasteiger partial charge in [0, 0.05) is 6.42 Å². The molecule has 0 unspecified atom stereocenters. The van der Waals surface area contributed by atoms with Gasteiger partial charge in [-0.2, -0.15) is 8.78 Å².